The number of carbonyl (C=O) groups excluding carboxylic acids is 1. The number of hydrogen-bond acceptors (Lipinski definition) is 8. The van der Waals surface area contributed by atoms with Gasteiger partial charge in [-0.25, -0.2) is 14.8 Å². The Hall–Kier alpha value is -3.31. The summed E-state index contributed by atoms with van der Waals surface area (Å²) in [4.78, 5) is 48.3. The highest BCUT2D eigenvalue weighted by Crippen LogP contribution is 2.33. The van der Waals surface area contributed by atoms with E-state index in [9.17, 15) is 19.5 Å². The molecule has 168 valence electrons. The number of nitrogens with one attached hydrogen (secondary N) is 1. The van der Waals surface area contributed by atoms with E-state index in [0.717, 1.165) is 0 Å². The highest BCUT2D eigenvalue weighted by molar-refractivity contribution is 7.12. The molecule has 0 spiro atoms. The van der Waals surface area contributed by atoms with Crippen molar-refractivity contribution in [2.24, 2.45) is 5.92 Å². The topological polar surface area (TPSA) is 127 Å². The van der Waals surface area contributed by atoms with Gasteiger partial charge in [-0.1, -0.05) is 0 Å². The number of carbonyl (C=O) groups is 2. The summed E-state index contributed by atoms with van der Waals surface area (Å²) in [5, 5.41) is 15.3. The Kier molecular flexibility index (Phi) is 6.19. The Morgan fingerprint density at radius 1 is 1.31 bits per heavy atom. The number of aryl methyl sites for hydroxylation is 1. The van der Waals surface area contributed by atoms with Crippen molar-refractivity contribution in [1.82, 2.24) is 19.9 Å². The van der Waals surface area contributed by atoms with Gasteiger partial charge in [0, 0.05) is 51.1 Å². The lowest BCUT2D eigenvalue weighted by molar-refractivity contribution is -0.125. The number of aromatic nitrogens is 3. The van der Waals surface area contributed by atoms with Crippen molar-refractivity contribution < 1.29 is 19.4 Å². The van der Waals surface area contributed by atoms with Crippen LogP contribution in [0.2, 0.25) is 0 Å². The van der Waals surface area contributed by atoms with Gasteiger partial charge in [0.25, 0.3) is 0 Å². The molecule has 1 amide bonds. The van der Waals surface area contributed by atoms with E-state index in [4.69, 9.17) is 4.74 Å². The number of amides is 1. The van der Waals surface area contributed by atoms with Crippen molar-refractivity contribution in [3.8, 4) is 5.13 Å². The molecule has 1 aliphatic heterocycles. The fourth-order valence-corrected chi connectivity index (χ4v) is 4.47. The highest BCUT2D eigenvalue weighted by Gasteiger charge is 2.38. The number of methoxy groups -OCH3 is 1. The molecule has 10 nitrogen and oxygen atoms in total. The molecule has 0 unspecified atom stereocenters. The number of carboxylic acid groups (broad SMARTS) is 1. The zero-order valence-electron chi connectivity index (χ0n) is 17.7. The van der Waals surface area contributed by atoms with Gasteiger partial charge in [0.2, 0.25) is 11.3 Å². The molecule has 1 aliphatic rings. The number of nitrogens with zero attached hydrogens (tertiary/aromatic N) is 4. The van der Waals surface area contributed by atoms with Crippen LogP contribution in [0.4, 0.5) is 5.82 Å². The van der Waals surface area contributed by atoms with Crippen molar-refractivity contribution >= 4 is 40.1 Å². The first-order valence-corrected chi connectivity index (χ1v) is 11.0. The fraction of sp³-hybridized carbons (Fsp3) is 0.381. The number of rotatable bonds is 8. The molecule has 4 heterocycles. The molecule has 1 saturated heterocycles. The number of anilines is 1. The summed E-state index contributed by atoms with van der Waals surface area (Å²) in [6.07, 6.45) is 3.90. The molecule has 0 bridgehead atoms. The third kappa shape index (κ3) is 3.84. The third-order valence-electron chi connectivity index (χ3n) is 5.44. The molecule has 1 fully saturated rings. The van der Waals surface area contributed by atoms with Gasteiger partial charge in [0.15, 0.2) is 10.8 Å². The largest absolute Gasteiger partial charge is 0.477 e. The number of pyridine rings is 2. The summed E-state index contributed by atoms with van der Waals surface area (Å²) in [6, 6.07) is 1.68. The van der Waals surface area contributed by atoms with E-state index in [-0.39, 0.29) is 28.6 Å². The van der Waals surface area contributed by atoms with Crippen molar-refractivity contribution in [3.63, 3.8) is 0 Å². The van der Waals surface area contributed by atoms with Crippen LogP contribution in [0.15, 0.2) is 28.6 Å². The van der Waals surface area contributed by atoms with Crippen molar-refractivity contribution in [1.29, 1.82) is 0 Å². The minimum Gasteiger partial charge on any atom is -0.477 e. The van der Waals surface area contributed by atoms with E-state index in [1.807, 2.05) is 0 Å². The van der Waals surface area contributed by atoms with E-state index in [1.54, 1.807) is 47.3 Å². The summed E-state index contributed by atoms with van der Waals surface area (Å²) < 4.78 is 6.60. The molecular formula is C21H23N5O5S. The third-order valence-corrected chi connectivity index (χ3v) is 6.20. The fourth-order valence-electron chi connectivity index (χ4n) is 3.82. The molecule has 0 saturated carbocycles. The number of hydrogen-bond donors (Lipinski definition) is 2. The summed E-state index contributed by atoms with van der Waals surface area (Å²) in [5.74, 6) is -1.54. The smallest absolute Gasteiger partial charge is 0.343 e. The number of thiazole rings is 1. The summed E-state index contributed by atoms with van der Waals surface area (Å²) in [5.41, 5.74) is 0.0461. The van der Waals surface area contributed by atoms with Crippen LogP contribution in [0.25, 0.3) is 16.2 Å². The lowest BCUT2D eigenvalue weighted by Crippen LogP contribution is -2.55. The minimum atomic E-state index is -1.33. The molecule has 0 radical (unpaired) electrons. The van der Waals surface area contributed by atoms with Crippen LogP contribution in [0.3, 0.4) is 0 Å². The average molecular weight is 458 g/mol. The lowest BCUT2D eigenvalue weighted by atomic mass is 9.97. The summed E-state index contributed by atoms with van der Waals surface area (Å²) in [7, 11) is 1.60. The molecule has 4 rings (SSSR count). The Balaban J connectivity index is 1.76. The predicted molar refractivity (Wildman–Crippen MR) is 120 cm³/mol. The highest BCUT2D eigenvalue weighted by atomic mass is 32.1. The molecule has 0 atom stereocenters. The molecule has 32 heavy (non-hydrogen) atoms. The molecule has 0 aliphatic carbocycles. The average Bonchev–Trinajstić information content (AvgIpc) is 3.24. The van der Waals surface area contributed by atoms with Gasteiger partial charge in [0.05, 0.1) is 11.3 Å². The van der Waals surface area contributed by atoms with Gasteiger partial charge in [-0.15, -0.1) is 11.3 Å². The standard InChI is InChI=1S/C21H23N5O5S/c1-12-4-6-22-17-14(12)16(27)15(20(29)30)19(26(17)21-24-7-9-32-21)25-10-13(11-25)18(28)23-5-3-8-31-2/h4,6-7,9,13H,3,5,8,10-11H2,1-2H3,(H,23,28)(H,29,30). The maximum absolute atomic E-state index is 13.2. The number of carboxylic acids is 1. The Morgan fingerprint density at radius 3 is 2.75 bits per heavy atom. The summed E-state index contributed by atoms with van der Waals surface area (Å²) in [6.45, 7) is 3.39. The first kappa shape index (κ1) is 21.9. The van der Waals surface area contributed by atoms with E-state index in [0.29, 0.717) is 49.0 Å². The quantitative estimate of drug-likeness (QED) is 0.487. The molecule has 3 aromatic heterocycles. The second-order valence-electron chi connectivity index (χ2n) is 7.55. The van der Waals surface area contributed by atoms with E-state index in [1.165, 1.54) is 11.3 Å². The van der Waals surface area contributed by atoms with Gasteiger partial charge in [-0.2, -0.15) is 0 Å². The molecule has 2 N–H and O–H groups in total. The number of fused-ring (bicyclic) bond motifs is 1. The van der Waals surface area contributed by atoms with Crippen LogP contribution in [0.1, 0.15) is 22.3 Å². The van der Waals surface area contributed by atoms with Gasteiger partial charge < -0.3 is 20.1 Å². The van der Waals surface area contributed by atoms with Gasteiger partial charge in [-0.05, 0) is 25.0 Å². The van der Waals surface area contributed by atoms with Gasteiger partial charge >= 0.3 is 5.97 Å². The first-order chi connectivity index (χ1) is 15.4. The Bertz CT molecular complexity index is 1220. The second-order valence-corrected chi connectivity index (χ2v) is 8.42. The summed E-state index contributed by atoms with van der Waals surface area (Å²) >= 11 is 1.31. The zero-order chi connectivity index (χ0) is 22.8. The zero-order valence-corrected chi connectivity index (χ0v) is 18.5. The molecule has 3 aromatic rings. The predicted octanol–water partition coefficient (Wildman–Crippen LogP) is 1.44. The SMILES string of the molecule is COCCCNC(=O)C1CN(c2c(C(=O)O)c(=O)c3c(C)ccnc3n2-c2nccs2)C1. The van der Waals surface area contributed by atoms with Crippen molar-refractivity contribution in [3.05, 3.63) is 45.2 Å². The van der Waals surface area contributed by atoms with Crippen LogP contribution in [0, 0.1) is 12.8 Å². The molecule has 11 heteroatoms. The number of aromatic carboxylic acids is 1. The monoisotopic (exact) mass is 457 g/mol. The minimum absolute atomic E-state index is 0.105. The van der Waals surface area contributed by atoms with Crippen LogP contribution >= 0.6 is 11.3 Å². The maximum atomic E-state index is 13.2. The van der Waals surface area contributed by atoms with Gasteiger partial charge in [0.1, 0.15) is 11.4 Å². The van der Waals surface area contributed by atoms with E-state index < -0.39 is 11.4 Å². The van der Waals surface area contributed by atoms with E-state index >= 15 is 0 Å². The van der Waals surface area contributed by atoms with Crippen LogP contribution in [0.5, 0.6) is 0 Å². The molecule has 0 aromatic carbocycles. The maximum Gasteiger partial charge on any atom is 0.343 e. The van der Waals surface area contributed by atoms with Crippen LogP contribution < -0.4 is 15.6 Å². The molecular weight excluding hydrogens is 434 g/mol. The first-order valence-electron chi connectivity index (χ1n) is 10.1. The van der Waals surface area contributed by atoms with Crippen molar-refractivity contribution in [2.75, 3.05) is 38.3 Å². The Morgan fingerprint density at radius 2 is 2.09 bits per heavy atom. The number of ether oxygens (including phenoxy) is 1. The van der Waals surface area contributed by atoms with Gasteiger partial charge in [-0.3, -0.25) is 14.2 Å². The second kappa shape index (κ2) is 9.05. The van der Waals surface area contributed by atoms with Crippen LogP contribution in [-0.4, -0.2) is 64.9 Å². The normalized spacial score (nSPS) is 13.9. The van der Waals surface area contributed by atoms with Crippen LogP contribution in [-0.2, 0) is 9.53 Å². The Labute approximate surface area is 187 Å². The van der Waals surface area contributed by atoms with Crippen molar-refractivity contribution in [2.45, 2.75) is 13.3 Å². The van der Waals surface area contributed by atoms with E-state index in [2.05, 4.69) is 15.3 Å². The lowest BCUT2D eigenvalue weighted by Gasteiger charge is -2.41.